The Morgan fingerprint density at radius 2 is 1.71 bits per heavy atom. The highest BCUT2D eigenvalue weighted by Gasteiger charge is 2.19. The lowest BCUT2D eigenvalue weighted by Gasteiger charge is -2.27. The number of hydrogen-bond acceptors (Lipinski definition) is 3. The summed E-state index contributed by atoms with van der Waals surface area (Å²) >= 11 is 0. The summed E-state index contributed by atoms with van der Waals surface area (Å²) in [7, 11) is 0. The average molecular weight is 235 g/mol. The maximum atomic E-state index is 9.60. The van der Waals surface area contributed by atoms with Crippen LogP contribution in [0.25, 0.3) is 0 Å². The normalized spacial score (nSPS) is 24.6. The second-order valence-corrected chi connectivity index (χ2v) is 5.10. The molecule has 17 heavy (non-hydrogen) atoms. The van der Waals surface area contributed by atoms with Crippen LogP contribution in [0.4, 0.5) is 5.69 Å². The van der Waals surface area contributed by atoms with E-state index < -0.39 is 0 Å². The van der Waals surface area contributed by atoms with Crippen LogP contribution in [0.3, 0.4) is 0 Å². The summed E-state index contributed by atoms with van der Waals surface area (Å²) in [6, 6.07) is 4.24. The van der Waals surface area contributed by atoms with Crippen LogP contribution in [-0.4, -0.2) is 22.4 Å². The van der Waals surface area contributed by atoms with Crippen molar-refractivity contribution < 1.29 is 10.2 Å². The van der Waals surface area contributed by atoms with Gasteiger partial charge in [-0.1, -0.05) is 0 Å². The first kappa shape index (κ1) is 12.2. The first-order chi connectivity index (χ1) is 8.06. The molecule has 1 aliphatic carbocycles. The molecule has 0 heterocycles. The van der Waals surface area contributed by atoms with E-state index in [1.807, 2.05) is 19.9 Å². The van der Waals surface area contributed by atoms with Gasteiger partial charge in [-0.15, -0.1) is 0 Å². The summed E-state index contributed by atoms with van der Waals surface area (Å²) < 4.78 is 0. The Kier molecular flexibility index (Phi) is 3.57. The number of phenols is 1. The molecule has 0 bridgehead atoms. The molecule has 94 valence electrons. The molecule has 0 unspecified atom stereocenters. The Balaban J connectivity index is 2.06. The summed E-state index contributed by atoms with van der Waals surface area (Å²) in [6.07, 6.45) is 3.68. The van der Waals surface area contributed by atoms with E-state index >= 15 is 0 Å². The van der Waals surface area contributed by atoms with Gasteiger partial charge in [0.1, 0.15) is 5.75 Å². The summed E-state index contributed by atoms with van der Waals surface area (Å²) in [4.78, 5) is 0. The molecule has 3 nitrogen and oxygen atoms in total. The van der Waals surface area contributed by atoms with E-state index in [2.05, 4.69) is 5.32 Å². The Labute approximate surface area is 102 Å². The lowest BCUT2D eigenvalue weighted by atomic mass is 9.92. The molecule has 1 aromatic carbocycles. The molecule has 0 atom stereocenters. The van der Waals surface area contributed by atoms with E-state index in [1.165, 1.54) is 0 Å². The predicted octanol–water partition coefficient (Wildman–Crippen LogP) is 2.72. The molecule has 3 N–H and O–H groups in total. The van der Waals surface area contributed by atoms with Crippen molar-refractivity contribution in [2.24, 2.45) is 0 Å². The molecule has 3 heteroatoms. The highest BCUT2D eigenvalue weighted by Crippen LogP contribution is 2.28. The standard InChI is InChI=1S/C14H21NO2/c1-9-8-14(17)10(2)7-13(9)15-11-3-5-12(16)6-4-11/h7-8,11-12,15-17H,3-6H2,1-2H3. The lowest BCUT2D eigenvalue weighted by molar-refractivity contribution is 0.126. The first-order valence-corrected chi connectivity index (χ1v) is 6.31. The van der Waals surface area contributed by atoms with Crippen molar-refractivity contribution in [3.63, 3.8) is 0 Å². The molecule has 0 radical (unpaired) electrons. The minimum atomic E-state index is -0.115. The van der Waals surface area contributed by atoms with Gasteiger partial charge in [-0.05, 0) is 62.8 Å². The van der Waals surface area contributed by atoms with Gasteiger partial charge in [0.2, 0.25) is 0 Å². The first-order valence-electron chi connectivity index (χ1n) is 6.31. The molecule has 1 fully saturated rings. The van der Waals surface area contributed by atoms with Crippen molar-refractivity contribution in [2.75, 3.05) is 5.32 Å². The zero-order chi connectivity index (χ0) is 12.4. The summed E-state index contributed by atoms with van der Waals surface area (Å²) in [5, 5.41) is 22.6. The number of aromatic hydroxyl groups is 1. The summed E-state index contributed by atoms with van der Waals surface area (Å²) in [5.74, 6) is 0.354. The Morgan fingerprint density at radius 1 is 1.06 bits per heavy atom. The van der Waals surface area contributed by atoms with Crippen molar-refractivity contribution in [3.05, 3.63) is 23.3 Å². The Bertz CT molecular complexity index is 395. The second-order valence-electron chi connectivity index (χ2n) is 5.10. The van der Waals surface area contributed by atoms with Crippen LogP contribution < -0.4 is 5.32 Å². The minimum Gasteiger partial charge on any atom is -0.508 e. The van der Waals surface area contributed by atoms with E-state index in [0.29, 0.717) is 11.8 Å². The largest absolute Gasteiger partial charge is 0.508 e. The molecule has 1 saturated carbocycles. The van der Waals surface area contributed by atoms with Gasteiger partial charge in [0.05, 0.1) is 6.10 Å². The molecule has 2 rings (SSSR count). The van der Waals surface area contributed by atoms with E-state index in [9.17, 15) is 10.2 Å². The van der Waals surface area contributed by atoms with Crippen LogP contribution in [0.5, 0.6) is 5.75 Å². The number of aliphatic hydroxyl groups excluding tert-OH is 1. The third-order valence-corrected chi connectivity index (χ3v) is 3.60. The van der Waals surface area contributed by atoms with Crippen LogP contribution in [0.1, 0.15) is 36.8 Å². The van der Waals surface area contributed by atoms with E-state index in [0.717, 1.165) is 42.5 Å². The van der Waals surface area contributed by atoms with Gasteiger partial charge in [0.15, 0.2) is 0 Å². The summed E-state index contributed by atoms with van der Waals surface area (Å²) in [5.41, 5.74) is 3.06. The quantitative estimate of drug-likeness (QED) is 0.691. The highest BCUT2D eigenvalue weighted by molar-refractivity contribution is 5.57. The van der Waals surface area contributed by atoms with Crippen molar-refractivity contribution >= 4 is 5.69 Å². The van der Waals surface area contributed by atoms with Gasteiger partial charge in [-0.2, -0.15) is 0 Å². The van der Waals surface area contributed by atoms with Gasteiger partial charge < -0.3 is 15.5 Å². The third kappa shape index (κ3) is 2.91. The average Bonchev–Trinajstić information content (AvgIpc) is 2.29. The van der Waals surface area contributed by atoms with E-state index in [4.69, 9.17) is 0 Å². The molecule has 1 aromatic rings. The fourth-order valence-electron chi connectivity index (χ4n) is 2.40. The minimum absolute atomic E-state index is 0.115. The number of benzene rings is 1. The van der Waals surface area contributed by atoms with Crippen LogP contribution in [0.2, 0.25) is 0 Å². The number of aryl methyl sites for hydroxylation is 2. The van der Waals surface area contributed by atoms with Gasteiger partial charge >= 0.3 is 0 Å². The fourth-order valence-corrected chi connectivity index (χ4v) is 2.40. The van der Waals surface area contributed by atoms with Crippen molar-refractivity contribution in [3.8, 4) is 5.75 Å². The van der Waals surface area contributed by atoms with Crippen LogP contribution in [-0.2, 0) is 0 Å². The van der Waals surface area contributed by atoms with Crippen LogP contribution >= 0.6 is 0 Å². The van der Waals surface area contributed by atoms with Gasteiger partial charge in [-0.3, -0.25) is 0 Å². The maximum Gasteiger partial charge on any atom is 0.118 e. The number of anilines is 1. The molecule has 1 aliphatic rings. The Hall–Kier alpha value is -1.22. The number of rotatable bonds is 2. The molecular weight excluding hydrogens is 214 g/mol. The zero-order valence-electron chi connectivity index (χ0n) is 10.5. The monoisotopic (exact) mass is 235 g/mol. The van der Waals surface area contributed by atoms with Crippen molar-refractivity contribution in [1.29, 1.82) is 0 Å². The number of aliphatic hydroxyl groups is 1. The molecule has 0 amide bonds. The van der Waals surface area contributed by atoms with E-state index in [-0.39, 0.29) is 6.10 Å². The number of phenolic OH excluding ortho intramolecular Hbond substituents is 1. The molecule has 0 spiro atoms. The SMILES string of the molecule is Cc1cc(NC2CCC(O)CC2)c(C)cc1O. The van der Waals surface area contributed by atoms with Gasteiger partial charge in [-0.25, -0.2) is 0 Å². The topological polar surface area (TPSA) is 52.5 Å². The number of hydrogen-bond donors (Lipinski definition) is 3. The van der Waals surface area contributed by atoms with Crippen molar-refractivity contribution in [1.82, 2.24) is 0 Å². The van der Waals surface area contributed by atoms with Crippen LogP contribution in [0, 0.1) is 13.8 Å². The van der Waals surface area contributed by atoms with Gasteiger partial charge in [0, 0.05) is 11.7 Å². The number of nitrogens with one attached hydrogen (secondary N) is 1. The fraction of sp³-hybridized carbons (Fsp3) is 0.571. The molecule has 0 aromatic heterocycles. The molecular formula is C14H21NO2. The van der Waals surface area contributed by atoms with Gasteiger partial charge in [0.25, 0.3) is 0 Å². The second kappa shape index (κ2) is 4.96. The predicted molar refractivity (Wildman–Crippen MR) is 69.5 cm³/mol. The maximum absolute atomic E-state index is 9.60. The summed E-state index contributed by atoms with van der Waals surface area (Å²) in [6.45, 7) is 3.91. The third-order valence-electron chi connectivity index (χ3n) is 3.60. The van der Waals surface area contributed by atoms with E-state index in [1.54, 1.807) is 6.07 Å². The highest BCUT2D eigenvalue weighted by atomic mass is 16.3. The zero-order valence-corrected chi connectivity index (χ0v) is 10.5. The molecule has 0 saturated heterocycles. The lowest BCUT2D eigenvalue weighted by Crippen LogP contribution is -2.28. The Morgan fingerprint density at radius 3 is 2.35 bits per heavy atom. The van der Waals surface area contributed by atoms with Crippen LogP contribution in [0.15, 0.2) is 12.1 Å². The van der Waals surface area contributed by atoms with Crippen molar-refractivity contribution in [2.45, 2.75) is 51.7 Å². The molecule has 0 aliphatic heterocycles. The smallest absolute Gasteiger partial charge is 0.118 e.